The summed E-state index contributed by atoms with van der Waals surface area (Å²) in [6, 6.07) is 8.42. The molecule has 2 aromatic carbocycles. The van der Waals surface area contributed by atoms with Gasteiger partial charge in [0.25, 0.3) is 5.91 Å². The van der Waals surface area contributed by atoms with Crippen LogP contribution in [0, 0.1) is 27.7 Å². The molecule has 0 saturated carbocycles. The van der Waals surface area contributed by atoms with Crippen molar-refractivity contribution in [3.05, 3.63) is 58.1 Å². The van der Waals surface area contributed by atoms with Gasteiger partial charge in [0.15, 0.2) is 6.61 Å². The number of rotatable bonds is 6. The first-order valence-corrected chi connectivity index (χ1v) is 8.78. The molecule has 0 aliphatic heterocycles. The van der Waals surface area contributed by atoms with Crippen molar-refractivity contribution in [3.63, 3.8) is 0 Å². The fourth-order valence-electron chi connectivity index (χ4n) is 2.81. The molecule has 0 unspecified atom stereocenters. The molecule has 0 fully saturated rings. The van der Waals surface area contributed by atoms with Crippen LogP contribution in [0.25, 0.3) is 0 Å². The largest absolute Gasteiger partial charge is 0.507 e. The minimum atomic E-state index is -0.817. The van der Waals surface area contributed by atoms with Gasteiger partial charge in [-0.15, -0.1) is 0 Å². The molecule has 0 aromatic heterocycles. The number of nitrogens with one attached hydrogen (secondary N) is 2. The van der Waals surface area contributed by atoms with Gasteiger partial charge in [0.1, 0.15) is 11.3 Å². The Morgan fingerprint density at radius 3 is 2.18 bits per heavy atom. The maximum atomic E-state index is 12.1. The Morgan fingerprint density at radius 2 is 1.57 bits per heavy atom. The monoisotopic (exact) mass is 384 g/mol. The van der Waals surface area contributed by atoms with Crippen LogP contribution in [0.15, 0.2) is 30.3 Å². The molecule has 0 heterocycles. The summed E-state index contributed by atoms with van der Waals surface area (Å²) in [4.78, 5) is 35.8. The summed E-state index contributed by atoms with van der Waals surface area (Å²) < 4.78 is 4.87. The van der Waals surface area contributed by atoms with E-state index in [1.54, 1.807) is 13.0 Å². The number of anilines is 1. The predicted octanol–water partition coefficient (Wildman–Crippen LogP) is 2.54. The van der Waals surface area contributed by atoms with Gasteiger partial charge in [-0.05, 0) is 56.5 Å². The second-order valence-electron chi connectivity index (χ2n) is 6.70. The lowest BCUT2D eigenvalue weighted by Gasteiger charge is -2.13. The number of benzene rings is 2. The third-order valence-corrected chi connectivity index (χ3v) is 4.10. The molecule has 0 aliphatic carbocycles. The first-order valence-electron chi connectivity index (χ1n) is 8.78. The van der Waals surface area contributed by atoms with Crippen LogP contribution in [0.5, 0.6) is 5.75 Å². The normalized spacial score (nSPS) is 10.3. The highest BCUT2D eigenvalue weighted by atomic mass is 16.5. The fourth-order valence-corrected chi connectivity index (χ4v) is 2.81. The Hall–Kier alpha value is -3.35. The standard InChI is InChI=1S/C21H24N2O5/c1-12-5-6-16(17(24)9-12)21(27)28-11-19(26)22-10-18(25)23-20-14(3)7-13(2)8-15(20)4/h5-9,24H,10-11H2,1-4H3,(H,22,26)(H,23,25). The minimum absolute atomic E-state index is 0.0264. The molecule has 7 heteroatoms. The Kier molecular flexibility index (Phi) is 6.76. The van der Waals surface area contributed by atoms with E-state index in [0.717, 1.165) is 22.3 Å². The van der Waals surface area contributed by atoms with E-state index >= 15 is 0 Å². The summed E-state index contributed by atoms with van der Waals surface area (Å²) >= 11 is 0. The van der Waals surface area contributed by atoms with E-state index < -0.39 is 18.5 Å². The molecule has 3 N–H and O–H groups in total. The molecular formula is C21H24N2O5. The van der Waals surface area contributed by atoms with Gasteiger partial charge >= 0.3 is 5.97 Å². The summed E-state index contributed by atoms with van der Waals surface area (Å²) in [7, 11) is 0. The van der Waals surface area contributed by atoms with Gasteiger partial charge in [-0.1, -0.05) is 23.8 Å². The van der Waals surface area contributed by atoms with Crippen LogP contribution in [0.3, 0.4) is 0 Å². The lowest BCUT2D eigenvalue weighted by molar-refractivity contribution is -0.126. The minimum Gasteiger partial charge on any atom is -0.507 e. The highest BCUT2D eigenvalue weighted by Gasteiger charge is 2.15. The highest BCUT2D eigenvalue weighted by Crippen LogP contribution is 2.21. The number of aromatic hydroxyl groups is 1. The Balaban J connectivity index is 1.82. The van der Waals surface area contributed by atoms with Gasteiger partial charge in [-0.3, -0.25) is 9.59 Å². The van der Waals surface area contributed by atoms with Gasteiger partial charge in [0, 0.05) is 5.69 Å². The number of ether oxygens (including phenoxy) is 1. The second kappa shape index (κ2) is 9.03. The molecule has 148 valence electrons. The Morgan fingerprint density at radius 1 is 0.929 bits per heavy atom. The van der Waals surface area contributed by atoms with E-state index in [4.69, 9.17) is 4.74 Å². The van der Waals surface area contributed by atoms with Crippen molar-refractivity contribution in [3.8, 4) is 5.75 Å². The number of amides is 2. The quantitative estimate of drug-likeness (QED) is 0.664. The number of phenolic OH excluding ortho intramolecular Hbond substituents is 1. The van der Waals surface area contributed by atoms with Gasteiger partial charge in [-0.25, -0.2) is 4.79 Å². The number of carbonyl (C=O) groups is 3. The van der Waals surface area contributed by atoms with Crippen molar-refractivity contribution in [2.45, 2.75) is 27.7 Å². The number of hydrogen-bond donors (Lipinski definition) is 3. The second-order valence-corrected chi connectivity index (χ2v) is 6.70. The predicted molar refractivity (Wildman–Crippen MR) is 105 cm³/mol. The lowest BCUT2D eigenvalue weighted by Crippen LogP contribution is -2.35. The SMILES string of the molecule is Cc1cc(C)c(NC(=O)CNC(=O)COC(=O)c2ccc(C)cc2O)c(C)c1. The molecule has 0 spiro atoms. The van der Waals surface area contributed by atoms with Gasteiger partial charge < -0.3 is 20.5 Å². The number of hydrogen-bond acceptors (Lipinski definition) is 5. The topological polar surface area (TPSA) is 105 Å². The summed E-state index contributed by atoms with van der Waals surface area (Å²) in [5, 5.41) is 14.9. The average molecular weight is 384 g/mol. The van der Waals surface area contributed by atoms with Crippen LogP contribution in [-0.2, 0) is 14.3 Å². The van der Waals surface area contributed by atoms with Crippen molar-refractivity contribution >= 4 is 23.5 Å². The third kappa shape index (κ3) is 5.57. The van der Waals surface area contributed by atoms with E-state index in [1.807, 2.05) is 32.9 Å². The van der Waals surface area contributed by atoms with Crippen LogP contribution >= 0.6 is 0 Å². The molecule has 28 heavy (non-hydrogen) atoms. The molecule has 0 atom stereocenters. The van der Waals surface area contributed by atoms with E-state index in [2.05, 4.69) is 10.6 Å². The smallest absolute Gasteiger partial charge is 0.342 e. The number of aryl methyl sites for hydroxylation is 4. The van der Waals surface area contributed by atoms with Crippen LogP contribution < -0.4 is 10.6 Å². The number of phenols is 1. The van der Waals surface area contributed by atoms with Crippen LogP contribution in [-0.4, -0.2) is 36.0 Å². The number of carbonyl (C=O) groups excluding carboxylic acids is 3. The molecule has 0 saturated heterocycles. The summed E-state index contributed by atoms with van der Waals surface area (Å²) in [5.74, 6) is -2.03. The molecule has 2 rings (SSSR count). The molecule has 2 amide bonds. The Labute approximate surface area is 163 Å². The Bertz CT molecular complexity index is 898. The van der Waals surface area contributed by atoms with E-state index in [1.165, 1.54) is 12.1 Å². The van der Waals surface area contributed by atoms with Crippen LogP contribution in [0.2, 0.25) is 0 Å². The maximum absolute atomic E-state index is 12.1. The van der Waals surface area contributed by atoms with E-state index in [0.29, 0.717) is 5.69 Å². The summed E-state index contributed by atoms with van der Waals surface area (Å²) in [6.07, 6.45) is 0. The molecule has 0 bridgehead atoms. The van der Waals surface area contributed by atoms with Crippen LogP contribution in [0.1, 0.15) is 32.6 Å². The average Bonchev–Trinajstić information content (AvgIpc) is 2.61. The van der Waals surface area contributed by atoms with Crippen molar-refractivity contribution < 1.29 is 24.2 Å². The summed E-state index contributed by atoms with van der Waals surface area (Å²) in [6.45, 7) is 6.74. The van der Waals surface area contributed by atoms with Crippen LogP contribution in [0.4, 0.5) is 5.69 Å². The third-order valence-electron chi connectivity index (χ3n) is 4.10. The van der Waals surface area contributed by atoms with Gasteiger partial charge in [0.05, 0.1) is 6.54 Å². The molecule has 2 aromatic rings. The highest BCUT2D eigenvalue weighted by molar-refractivity contribution is 5.97. The first-order chi connectivity index (χ1) is 13.2. The zero-order valence-electron chi connectivity index (χ0n) is 16.4. The van der Waals surface area contributed by atoms with Crippen molar-refractivity contribution in [2.24, 2.45) is 0 Å². The fraction of sp³-hybridized carbons (Fsp3) is 0.286. The summed E-state index contributed by atoms with van der Waals surface area (Å²) in [5.41, 5.74) is 4.44. The van der Waals surface area contributed by atoms with Crippen molar-refractivity contribution in [1.29, 1.82) is 0 Å². The molecular weight excluding hydrogens is 360 g/mol. The molecule has 7 nitrogen and oxygen atoms in total. The first kappa shape index (κ1) is 21.0. The lowest BCUT2D eigenvalue weighted by atomic mass is 10.1. The van der Waals surface area contributed by atoms with Gasteiger partial charge in [0.2, 0.25) is 5.91 Å². The zero-order valence-corrected chi connectivity index (χ0v) is 16.4. The maximum Gasteiger partial charge on any atom is 0.342 e. The van der Waals surface area contributed by atoms with Gasteiger partial charge in [-0.2, -0.15) is 0 Å². The van der Waals surface area contributed by atoms with E-state index in [9.17, 15) is 19.5 Å². The van der Waals surface area contributed by atoms with Crippen molar-refractivity contribution in [1.82, 2.24) is 5.32 Å². The molecule has 0 radical (unpaired) electrons. The van der Waals surface area contributed by atoms with Crippen molar-refractivity contribution in [2.75, 3.05) is 18.5 Å². The zero-order chi connectivity index (χ0) is 20.8. The molecule has 0 aliphatic rings. The van der Waals surface area contributed by atoms with E-state index in [-0.39, 0.29) is 23.8 Å². The number of esters is 1.